The fourth-order valence-corrected chi connectivity index (χ4v) is 3.68. The third-order valence-electron chi connectivity index (χ3n) is 3.73. The molecule has 7 heteroatoms. The van der Waals surface area contributed by atoms with Crippen LogP contribution in [0, 0.1) is 13.8 Å². The lowest BCUT2D eigenvalue weighted by Gasteiger charge is -2.13. The number of nitrogens with one attached hydrogen (secondary N) is 2. The summed E-state index contributed by atoms with van der Waals surface area (Å²) in [6, 6.07) is 9.42. The highest BCUT2D eigenvalue weighted by molar-refractivity contribution is 7.92. The summed E-state index contributed by atoms with van der Waals surface area (Å²) in [6.07, 6.45) is 0.806. The van der Waals surface area contributed by atoms with Crippen LogP contribution in [0.25, 0.3) is 0 Å². The van der Waals surface area contributed by atoms with E-state index in [0.717, 1.165) is 12.0 Å². The molecule has 0 aliphatic heterocycles. The molecule has 0 bridgehead atoms. The molecule has 0 aliphatic carbocycles. The highest BCUT2D eigenvalue weighted by Crippen LogP contribution is 2.24. The van der Waals surface area contributed by atoms with E-state index in [1.165, 1.54) is 12.1 Å². The van der Waals surface area contributed by atoms with Crippen LogP contribution < -0.4 is 10.0 Å². The van der Waals surface area contributed by atoms with Gasteiger partial charge in [-0.1, -0.05) is 24.6 Å². The molecule has 0 saturated heterocycles. The highest BCUT2D eigenvalue weighted by atomic mass is 35.5. The van der Waals surface area contributed by atoms with Gasteiger partial charge in [0.1, 0.15) is 0 Å². The van der Waals surface area contributed by atoms with Crippen molar-refractivity contribution in [3.05, 3.63) is 58.1 Å². The Hall–Kier alpha value is -2.05. The number of carbonyl (C=O) groups excluding carboxylic acids is 1. The number of benzene rings is 2. The van der Waals surface area contributed by atoms with Crippen LogP contribution >= 0.6 is 11.6 Å². The summed E-state index contributed by atoms with van der Waals surface area (Å²) < 4.78 is 27.9. The van der Waals surface area contributed by atoms with E-state index in [1.807, 2.05) is 6.92 Å². The minimum atomic E-state index is -3.82. The minimum absolute atomic E-state index is 0.0362. The molecule has 5 nitrogen and oxygen atoms in total. The average Bonchev–Trinajstić information content (AvgIpc) is 2.55. The summed E-state index contributed by atoms with van der Waals surface area (Å²) in [7, 11) is -3.82. The lowest BCUT2D eigenvalue weighted by atomic mass is 10.1. The van der Waals surface area contributed by atoms with Gasteiger partial charge in [0.25, 0.3) is 15.9 Å². The topological polar surface area (TPSA) is 75.3 Å². The number of carbonyl (C=O) groups is 1. The summed E-state index contributed by atoms with van der Waals surface area (Å²) in [6.45, 7) is 6.03. The van der Waals surface area contributed by atoms with Crippen LogP contribution in [-0.4, -0.2) is 20.9 Å². The number of hydrogen-bond acceptors (Lipinski definition) is 3. The van der Waals surface area contributed by atoms with Crippen molar-refractivity contribution >= 4 is 33.2 Å². The molecule has 0 spiro atoms. The number of hydrogen-bond donors (Lipinski definition) is 2. The Bertz CT molecular complexity index is 895. The van der Waals surface area contributed by atoms with Crippen molar-refractivity contribution in [2.24, 2.45) is 0 Å². The first-order valence-corrected chi connectivity index (χ1v) is 9.78. The molecule has 1 amide bonds. The third-order valence-corrected chi connectivity index (χ3v) is 5.33. The molecule has 0 aliphatic rings. The third kappa shape index (κ3) is 4.74. The van der Waals surface area contributed by atoms with Crippen LogP contribution in [0.15, 0.2) is 41.3 Å². The van der Waals surface area contributed by atoms with Crippen molar-refractivity contribution in [2.75, 3.05) is 11.3 Å². The smallest absolute Gasteiger partial charge is 0.261 e. The lowest BCUT2D eigenvalue weighted by Crippen LogP contribution is -2.25. The molecule has 2 aromatic rings. The second-order valence-electron chi connectivity index (χ2n) is 5.80. The lowest BCUT2D eigenvalue weighted by molar-refractivity contribution is 0.0953. The zero-order chi connectivity index (χ0) is 18.6. The molecule has 2 aromatic carbocycles. The maximum absolute atomic E-state index is 12.7. The molecule has 0 unspecified atom stereocenters. The molecule has 0 saturated carbocycles. The molecule has 2 N–H and O–H groups in total. The summed E-state index contributed by atoms with van der Waals surface area (Å²) in [5, 5.41) is 3.30. The van der Waals surface area contributed by atoms with Crippen molar-refractivity contribution in [1.82, 2.24) is 5.32 Å². The molecule has 0 fully saturated rings. The van der Waals surface area contributed by atoms with Gasteiger partial charge in [-0.3, -0.25) is 9.52 Å². The number of halogens is 1. The predicted octanol–water partition coefficient (Wildman–Crippen LogP) is 3.90. The zero-order valence-electron chi connectivity index (χ0n) is 14.4. The maximum Gasteiger partial charge on any atom is 0.261 e. The van der Waals surface area contributed by atoms with Crippen LogP contribution in [0.3, 0.4) is 0 Å². The van der Waals surface area contributed by atoms with Gasteiger partial charge in [0.2, 0.25) is 0 Å². The first-order chi connectivity index (χ1) is 11.7. The number of rotatable bonds is 6. The quantitative estimate of drug-likeness (QED) is 0.798. The van der Waals surface area contributed by atoms with Crippen LogP contribution in [0.5, 0.6) is 0 Å². The number of anilines is 1. The highest BCUT2D eigenvalue weighted by Gasteiger charge is 2.19. The maximum atomic E-state index is 12.7. The Kier molecular flexibility index (Phi) is 6.08. The van der Waals surface area contributed by atoms with E-state index in [1.54, 1.807) is 38.1 Å². The molecule has 2 rings (SSSR count). The fraction of sp³-hybridized carbons (Fsp3) is 0.278. The second-order valence-corrected chi connectivity index (χ2v) is 7.92. The summed E-state index contributed by atoms with van der Waals surface area (Å²) >= 11 is 5.90. The van der Waals surface area contributed by atoms with E-state index in [2.05, 4.69) is 10.0 Å². The minimum Gasteiger partial charge on any atom is -0.352 e. The summed E-state index contributed by atoms with van der Waals surface area (Å²) in [4.78, 5) is 12.2. The molecule has 0 atom stereocenters. The Morgan fingerprint density at radius 3 is 2.44 bits per heavy atom. The van der Waals surface area contributed by atoms with Gasteiger partial charge in [0.05, 0.1) is 10.6 Å². The Morgan fingerprint density at radius 2 is 1.80 bits per heavy atom. The second kappa shape index (κ2) is 7.89. The Morgan fingerprint density at radius 1 is 1.08 bits per heavy atom. The van der Waals surface area contributed by atoms with Crippen molar-refractivity contribution in [1.29, 1.82) is 0 Å². The Labute approximate surface area is 153 Å². The average molecular weight is 381 g/mol. The SMILES string of the molecule is CCCNC(=O)c1cc(S(=O)(=O)Nc2ccc(Cl)cc2C)ccc1C. The van der Waals surface area contributed by atoms with Crippen molar-refractivity contribution in [3.63, 3.8) is 0 Å². The van der Waals surface area contributed by atoms with Crippen LogP contribution in [-0.2, 0) is 10.0 Å². The van der Waals surface area contributed by atoms with E-state index in [-0.39, 0.29) is 10.8 Å². The van der Waals surface area contributed by atoms with Gasteiger partial charge in [0, 0.05) is 17.1 Å². The monoisotopic (exact) mass is 380 g/mol. The van der Waals surface area contributed by atoms with E-state index in [9.17, 15) is 13.2 Å². The van der Waals surface area contributed by atoms with Gasteiger partial charge in [-0.15, -0.1) is 0 Å². The molecule has 134 valence electrons. The van der Waals surface area contributed by atoms with E-state index in [0.29, 0.717) is 28.4 Å². The number of aryl methyl sites for hydroxylation is 2. The van der Waals surface area contributed by atoms with Gasteiger partial charge in [-0.05, 0) is 61.7 Å². The van der Waals surface area contributed by atoms with Gasteiger partial charge in [-0.2, -0.15) is 0 Å². The van der Waals surface area contributed by atoms with Gasteiger partial charge in [-0.25, -0.2) is 8.42 Å². The zero-order valence-corrected chi connectivity index (χ0v) is 16.0. The van der Waals surface area contributed by atoms with Crippen LogP contribution in [0.1, 0.15) is 34.8 Å². The number of amides is 1. The van der Waals surface area contributed by atoms with Crippen molar-refractivity contribution in [2.45, 2.75) is 32.1 Å². The summed E-state index contributed by atoms with van der Waals surface area (Å²) in [5.74, 6) is -0.279. The molecular formula is C18H21ClN2O3S. The Balaban J connectivity index is 2.34. The molecule has 0 radical (unpaired) electrons. The van der Waals surface area contributed by atoms with Crippen molar-refractivity contribution in [3.8, 4) is 0 Å². The first kappa shape index (κ1) is 19.3. The van der Waals surface area contributed by atoms with Gasteiger partial charge < -0.3 is 5.32 Å². The number of sulfonamides is 1. The largest absolute Gasteiger partial charge is 0.352 e. The summed E-state index contributed by atoms with van der Waals surface area (Å²) in [5.41, 5.74) is 2.23. The van der Waals surface area contributed by atoms with Crippen LogP contribution in [0.2, 0.25) is 5.02 Å². The van der Waals surface area contributed by atoms with E-state index < -0.39 is 10.0 Å². The predicted molar refractivity (Wildman–Crippen MR) is 101 cm³/mol. The fourth-order valence-electron chi connectivity index (χ4n) is 2.29. The molecule has 0 heterocycles. The normalized spacial score (nSPS) is 11.2. The van der Waals surface area contributed by atoms with Crippen LogP contribution in [0.4, 0.5) is 5.69 Å². The first-order valence-electron chi connectivity index (χ1n) is 7.92. The van der Waals surface area contributed by atoms with Gasteiger partial charge in [0.15, 0.2) is 0 Å². The molecule has 25 heavy (non-hydrogen) atoms. The van der Waals surface area contributed by atoms with Crippen molar-refractivity contribution < 1.29 is 13.2 Å². The molecular weight excluding hydrogens is 360 g/mol. The molecule has 0 aromatic heterocycles. The van der Waals surface area contributed by atoms with Gasteiger partial charge >= 0.3 is 0 Å². The van der Waals surface area contributed by atoms with E-state index >= 15 is 0 Å². The standard InChI is InChI=1S/C18H21ClN2O3S/c1-4-9-20-18(22)16-11-15(7-5-12(16)2)25(23,24)21-17-8-6-14(19)10-13(17)3/h5-8,10-11,21H,4,9H2,1-3H3,(H,20,22). The van der Waals surface area contributed by atoms with E-state index in [4.69, 9.17) is 11.6 Å².